The summed E-state index contributed by atoms with van der Waals surface area (Å²) in [5.41, 5.74) is 6.54. The van der Waals surface area contributed by atoms with Gasteiger partial charge in [-0.3, -0.25) is 27.5 Å². The summed E-state index contributed by atoms with van der Waals surface area (Å²) in [6.45, 7) is -0.966. The largest absolute Gasteiger partial charge is 0.472 e. The first-order chi connectivity index (χ1) is 20.0. The van der Waals surface area contributed by atoms with Crippen LogP contribution in [0.1, 0.15) is 31.7 Å². The van der Waals surface area contributed by atoms with E-state index in [0.717, 1.165) is 0 Å². The fourth-order valence-electron chi connectivity index (χ4n) is 4.85. The van der Waals surface area contributed by atoms with Crippen molar-refractivity contribution in [3.63, 3.8) is 0 Å². The SMILES string of the molecule is Nc1ncnc2c1ncn2C1CC(OP(=O)(O)OCC2CCC(n3cnc4c(=O)[nH]cnc43)O2)C(COP(=O)(O)O)O1. The molecule has 42 heavy (non-hydrogen) atoms. The standard InChI is InChI=1S/C20H25N9O11P2/c21-17-15-18(23-6-22-17)29(8-26-15)14-3-11(12(39-14)5-36-41(31,32)33)40-42(34,35)37-4-10-1-2-13(38-10)28-9-27-16-19(28)24-7-25-20(16)30/h6-14H,1-5H2,(H,34,35)(H2,21,22,23)(H,24,25,30)(H2,31,32,33). The van der Waals surface area contributed by atoms with Crippen LogP contribution in [0, 0.1) is 0 Å². The molecule has 6 unspecified atom stereocenters. The van der Waals surface area contributed by atoms with Crippen LogP contribution in [0.3, 0.4) is 0 Å². The van der Waals surface area contributed by atoms with Gasteiger partial charge in [-0.25, -0.2) is 34.0 Å². The number of anilines is 1. The maximum atomic E-state index is 12.9. The molecule has 2 aliphatic rings. The van der Waals surface area contributed by atoms with Crippen LogP contribution in [-0.4, -0.2) is 85.2 Å². The number of nitrogens with zero attached hydrogens (tertiary/aromatic N) is 7. The Morgan fingerprint density at radius 1 is 0.952 bits per heavy atom. The van der Waals surface area contributed by atoms with Gasteiger partial charge in [0.2, 0.25) is 0 Å². The van der Waals surface area contributed by atoms with Gasteiger partial charge in [-0.1, -0.05) is 0 Å². The number of ether oxygens (including phenoxy) is 2. The Morgan fingerprint density at radius 2 is 1.69 bits per heavy atom. The number of rotatable bonds is 10. The number of imidazole rings is 2. The zero-order valence-corrected chi connectivity index (χ0v) is 23.2. The van der Waals surface area contributed by atoms with Gasteiger partial charge in [-0.2, -0.15) is 0 Å². The molecular weight excluding hydrogens is 604 g/mol. The lowest BCUT2D eigenvalue weighted by molar-refractivity contribution is -0.0476. The molecule has 2 fully saturated rings. The van der Waals surface area contributed by atoms with Gasteiger partial charge in [0, 0.05) is 6.42 Å². The molecule has 0 aromatic carbocycles. The highest BCUT2D eigenvalue weighted by Gasteiger charge is 2.43. The Kier molecular flexibility index (Phi) is 7.69. The molecule has 22 heteroatoms. The van der Waals surface area contributed by atoms with Crippen LogP contribution in [0.25, 0.3) is 22.3 Å². The summed E-state index contributed by atoms with van der Waals surface area (Å²) in [5, 5.41) is 0. The molecule has 6 atom stereocenters. The zero-order chi connectivity index (χ0) is 29.6. The second-order valence-corrected chi connectivity index (χ2v) is 12.1. The van der Waals surface area contributed by atoms with E-state index in [4.69, 9.17) is 34.0 Å². The van der Waals surface area contributed by atoms with E-state index < -0.39 is 58.6 Å². The number of aromatic nitrogens is 8. The van der Waals surface area contributed by atoms with E-state index >= 15 is 0 Å². The number of phosphoric acid groups is 2. The highest BCUT2D eigenvalue weighted by Crippen LogP contribution is 2.50. The number of aromatic amines is 1. The van der Waals surface area contributed by atoms with Crippen molar-refractivity contribution in [1.29, 1.82) is 0 Å². The number of nitrogen functional groups attached to an aromatic ring is 1. The molecule has 0 spiro atoms. The summed E-state index contributed by atoms with van der Waals surface area (Å²) in [7, 11) is -9.63. The van der Waals surface area contributed by atoms with Crippen molar-refractivity contribution >= 4 is 43.8 Å². The molecule has 6 rings (SSSR count). The number of hydrogen-bond donors (Lipinski definition) is 5. The molecule has 0 bridgehead atoms. The van der Waals surface area contributed by atoms with Crippen LogP contribution in [-0.2, 0) is 32.2 Å². The molecule has 0 amide bonds. The molecule has 20 nitrogen and oxygen atoms in total. The van der Waals surface area contributed by atoms with Crippen LogP contribution in [0.4, 0.5) is 5.82 Å². The van der Waals surface area contributed by atoms with Crippen LogP contribution in [0.15, 0.2) is 30.1 Å². The minimum Gasteiger partial charge on any atom is -0.382 e. The average molecular weight is 629 g/mol. The number of nitrogens with one attached hydrogen (secondary N) is 1. The number of fused-ring (bicyclic) bond motifs is 2. The summed E-state index contributed by atoms with van der Waals surface area (Å²) in [5.74, 6) is 0.127. The predicted molar refractivity (Wildman–Crippen MR) is 138 cm³/mol. The van der Waals surface area contributed by atoms with Crippen molar-refractivity contribution < 1.29 is 46.9 Å². The molecular formula is C20H25N9O11P2. The van der Waals surface area contributed by atoms with Crippen molar-refractivity contribution in [3.8, 4) is 0 Å². The number of hydrogen-bond acceptors (Lipinski definition) is 14. The minimum absolute atomic E-state index is 0.0553. The zero-order valence-electron chi connectivity index (χ0n) is 21.4. The summed E-state index contributed by atoms with van der Waals surface area (Å²) < 4.78 is 54.3. The van der Waals surface area contributed by atoms with Gasteiger partial charge in [-0.15, -0.1) is 0 Å². The first-order valence-electron chi connectivity index (χ1n) is 12.5. The fraction of sp³-hybridized carbons (Fsp3) is 0.500. The van der Waals surface area contributed by atoms with E-state index in [1.54, 1.807) is 4.57 Å². The monoisotopic (exact) mass is 629 g/mol. The maximum absolute atomic E-state index is 12.9. The smallest absolute Gasteiger partial charge is 0.382 e. The normalized spacial score (nSPS) is 26.3. The van der Waals surface area contributed by atoms with E-state index in [0.29, 0.717) is 29.7 Å². The number of phosphoric ester groups is 2. The van der Waals surface area contributed by atoms with Crippen LogP contribution < -0.4 is 11.3 Å². The number of H-pyrrole nitrogens is 1. The summed E-state index contributed by atoms with van der Waals surface area (Å²) in [6, 6.07) is 0. The van der Waals surface area contributed by atoms with Gasteiger partial charge in [0.1, 0.15) is 36.5 Å². The van der Waals surface area contributed by atoms with Crippen LogP contribution in [0.2, 0.25) is 0 Å². The third-order valence-corrected chi connectivity index (χ3v) is 8.24. The minimum atomic E-state index is -4.89. The van der Waals surface area contributed by atoms with Gasteiger partial charge < -0.3 is 34.9 Å². The molecule has 2 saturated heterocycles. The average Bonchev–Trinajstić information content (AvgIpc) is 3.71. The molecule has 4 aromatic rings. The molecule has 4 aromatic heterocycles. The quantitative estimate of drug-likeness (QED) is 0.146. The lowest BCUT2D eigenvalue weighted by Gasteiger charge is -2.22. The Bertz CT molecular complexity index is 1760. The highest BCUT2D eigenvalue weighted by molar-refractivity contribution is 7.47. The third-order valence-electron chi connectivity index (χ3n) is 6.74. The van der Waals surface area contributed by atoms with E-state index in [-0.39, 0.29) is 24.4 Å². The molecule has 2 aliphatic heterocycles. The Hall–Kier alpha value is -3.16. The van der Waals surface area contributed by atoms with E-state index in [9.17, 15) is 18.8 Å². The van der Waals surface area contributed by atoms with Crippen molar-refractivity contribution in [1.82, 2.24) is 39.0 Å². The Labute approximate surface area is 234 Å². The molecule has 0 saturated carbocycles. The van der Waals surface area contributed by atoms with Crippen LogP contribution in [0.5, 0.6) is 0 Å². The van der Waals surface area contributed by atoms with Crippen molar-refractivity contribution in [2.24, 2.45) is 0 Å². The molecule has 226 valence electrons. The molecule has 0 aliphatic carbocycles. The second kappa shape index (κ2) is 11.2. The number of nitrogens with two attached hydrogens (primary N) is 1. The summed E-state index contributed by atoms with van der Waals surface area (Å²) in [6.07, 6.45) is 1.83. The van der Waals surface area contributed by atoms with Crippen molar-refractivity contribution in [2.75, 3.05) is 18.9 Å². The van der Waals surface area contributed by atoms with Gasteiger partial charge in [0.05, 0.1) is 38.3 Å². The fourth-order valence-corrected chi connectivity index (χ4v) is 6.17. The van der Waals surface area contributed by atoms with Gasteiger partial charge in [-0.05, 0) is 12.8 Å². The maximum Gasteiger partial charge on any atom is 0.472 e. The van der Waals surface area contributed by atoms with Crippen LogP contribution >= 0.6 is 15.6 Å². The second-order valence-electron chi connectivity index (χ2n) is 9.49. The predicted octanol–water partition coefficient (Wildman–Crippen LogP) is 0.118. The highest BCUT2D eigenvalue weighted by atomic mass is 31.2. The lowest BCUT2D eigenvalue weighted by Crippen LogP contribution is -2.28. The Balaban J connectivity index is 1.11. The van der Waals surface area contributed by atoms with E-state index in [1.165, 1.54) is 29.9 Å². The first kappa shape index (κ1) is 28.9. The Morgan fingerprint density at radius 3 is 2.48 bits per heavy atom. The van der Waals surface area contributed by atoms with Gasteiger partial charge in [0.25, 0.3) is 5.56 Å². The molecule has 6 N–H and O–H groups in total. The summed E-state index contributed by atoms with van der Waals surface area (Å²) >= 11 is 0. The first-order valence-corrected chi connectivity index (χ1v) is 15.5. The third kappa shape index (κ3) is 6.00. The van der Waals surface area contributed by atoms with Gasteiger partial charge in [0.15, 0.2) is 22.6 Å². The van der Waals surface area contributed by atoms with E-state index in [2.05, 4.69) is 34.4 Å². The van der Waals surface area contributed by atoms with Crippen molar-refractivity contribution in [3.05, 3.63) is 35.7 Å². The van der Waals surface area contributed by atoms with Gasteiger partial charge >= 0.3 is 15.6 Å². The summed E-state index contributed by atoms with van der Waals surface area (Å²) in [4.78, 5) is 63.6. The molecule has 6 heterocycles. The van der Waals surface area contributed by atoms with Crippen molar-refractivity contribution in [2.45, 2.75) is 50.0 Å². The lowest BCUT2D eigenvalue weighted by atomic mass is 10.2. The molecule has 0 radical (unpaired) electrons. The topological polar surface area (TPSA) is 274 Å². The van der Waals surface area contributed by atoms with E-state index in [1.807, 2.05) is 0 Å².